The Morgan fingerprint density at radius 3 is 2.81 bits per heavy atom. The summed E-state index contributed by atoms with van der Waals surface area (Å²) in [7, 11) is 0. The van der Waals surface area contributed by atoms with Gasteiger partial charge in [-0.3, -0.25) is 0 Å². The molecule has 0 aromatic carbocycles. The Labute approximate surface area is 95.8 Å². The number of hydrogen-bond acceptors (Lipinski definition) is 4. The maximum absolute atomic E-state index is 5.36. The smallest absolute Gasteiger partial charge is 0.232 e. The molecule has 4 nitrogen and oxygen atoms in total. The van der Waals surface area contributed by atoms with Crippen molar-refractivity contribution >= 4 is 0 Å². The van der Waals surface area contributed by atoms with Crippen LogP contribution in [0.25, 0.3) is 0 Å². The van der Waals surface area contributed by atoms with Crippen LogP contribution in [0.1, 0.15) is 56.2 Å². The van der Waals surface area contributed by atoms with Crippen molar-refractivity contribution in [2.45, 2.75) is 44.4 Å². The van der Waals surface area contributed by atoms with Crippen LogP contribution < -0.4 is 5.32 Å². The number of hydrogen-bond donors (Lipinski definition) is 1. The molecule has 2 fully saturated rings. The van der Waals surface area contributed by atoms with Crippen molar-refractivity contribution in [3.8, 4) is 0 Å². The molecular formula is C12H19N3O. The molecule has 0 bridgehead atoms. The minimum absolute atomic E-state index is 0.460. The van der Waals surface area contributed by atoms with Gasteiger partial charge in [-0.1, -0.05) is 24.9 Å². The van der Waals surface area contributed by atoms with Crippen molar-refractivity contribution in [2.75, 3.05) is 13.1 Å². The molecule has 1 aliphatic heterocycles. The summed E-state index contributed by atoms with van der Waals surface area (Å²) in [6.45, 7) is 4.30. The Morgan fingerprint density at radius 1 is 1.25 bits per heavy atom. The van der Waals surface area contributed by atoms with E-state index in [1.807, 2.05) is 0 Å². The second-order valence-electron chi connectivity index (χ2n) is 5.31. The van der Waals surface area contributed by atoms with Gasteiger partial charge in [0.05, 0.1) is 5.92 Å². The van der Waals surface area contributed by atoms with E-state index in [4.69, 9.17) is 4.52 Å². The predicted octanol–water partition coefficient (Wildman–Crippen LogP) is 2.05. The van der Waals surface area contributed by atoms with Crippen molar-refractivity contribution in [1.29, 1.82) is 0 Å². The average Bonchev–Trinajstić information content (AvgIpc) is 2.64. The SMILES string of the molecule is CC1CCCC(c2noc(C3CNC3)n2)C1. The summed E-state index contributed by atoms with van der Waals surface area (Å²) >= 11 is 0. The zero-order valence-electron chi connectivity index (χ0n) is 9.78. The standard InChI is InChI=1S/C12H19N3O/c1-8-3-2-4-9(5-8)11-14-12(16-15-11)10-6-13-7-10/h8-10,13H,2-7H2,1H3. The molecule has 4 heteroatoms. The van der Waals surface area contributed by atoms with Crippen LogP contribution in [0.4, 0.5) is 0 Å². The van der Waals surface area contributed by atoms with Crippen LogP contribution >= 0.6 is 0 Å². The lowest BCUT2D eigenvalue weighted by Gasteiger charge is -2.24. The summed E-state index contributed by atoms with van der Waals surface area (Å²) in [5, 5.41) is 7.39. The van der Waals surface area contributed by atoms with E-state index in [9.17, 15) is 0 Å². The lowest BCUT2D eigenvalue weighted by molar-refractivity contribution is 0.297. The fourth-order valence-corrected chi connectivity index (χ4v) is 2.71. The fourth-order valence-electron chi connectivity index (χ4n) is 2.71. The first-order valence-corrected chi connectivity index (χ1v) is 6.37. The Bertz CT molecular complexity index is 359. The third kappa shape index (κ3) is 1.86. The molecule has 16 heavy (non-hydrogen) atoms. The quantitative estimate of drug-likeness (QED) is 0.830. The second-order valence-corrected chi connectivity index (χ2v) is 5.31. The highest BCUT2D eigenvalue weighted by atomic mass is 16.5. The van der Waals surface area contributed by atoms with Gasteiger partial charge < -0.3 is 9.84 Å². The van der Waals surface area contributed by atoms with Crippen LogP contribution in [0.3, 0.4) is 0 Å². The maximum atomic E-state index is 5.36. The molecular weight excluding hydrogens is 202 g/mol. The summed E-state index contributed by atoms with van der Waals surface area (Å²) < 4.78 is 5.36. The van der Waals surface area contributed by atoms with Crippen LogP contribution in [-0.4, -0.2) is 23.2 Å². The van der Waals surface area contributed by atoms with Gasteiger partial charge in [0.15, 0.2) is 5.82 Å². The molecule has 2 heterocycles. The Morgan fingerprint density at radius 2 is 2.12 bits per heavy atom. The molecule has 2 unspecified atom stereocenters. The van der Waals surface area contributed by atoms with Gasteiger partial charge in [-0.25, -0.2) is 0 Å². The van der Waals surface area contributed by atoms with E-state index in [-0.39, 0.29) is 0 Å². The molecule has 1 N–H and O–H groups in total. The summed E-state index contributed by atoms with van der Waals surface area (Å²) in [5.41, 5.74) is 0. The Balaban J connectivity index is 1.70. The highest BCUT2D eigenvalue weighted by molar-refractivity contribution is 5.04. The van der Waals surface area contributed by atoms with Crippen LogP contribution in [0, 0.1) is 5.92 Å². The lowest BCUT2D eigenvalue weighted by Crippen LogP contribution is -2.40. The summed E-state index contributed by atoms with van der Waals surface area (Å²) in [5.74, 6) is 3.60. The topological polar surface area (TPSA) is 51.0 Å². The molecule has 1 aliphatic carbocycles. The average molecular weight is 221 g/mol. The first-order chi connectivity index (χ1) is 7.83. The minimum Gasteiger partial charge on any atom is -0.339 e. The van der Waals surface area contributed by atoms with E-state index in [1.54, 1.807) is 0 Å². The molecule has 3 rings (SSSR count). The fraction of sp³-hybridized carbons (Fsp3) is 0.833. The van der Waals surface area contributed by atoms with E-state index < -0.39 is 0 Å². The largest absolute Gasteiger partial charge is 0.339 e. The van der Waals surface area contributed by atoms with Crippen molar-refractivity contribution in [1.82, 2.24) is 15.5 Å². The Hall–Kier alpha value is -0.900. The summed E-state index contributed by atoms with van der Waals surface area (Å²) in [4.78, 5) is 4.57. The molecule has 88 valence electrons. The van der Waals surface area contributed by atoms with E-state index in [1.165, 1.54) is 25.7 Å². The van der Waals surface area contributed by atoms with Gasteiger partial charge in [0.1, 0.15) is 0 Å². The molecule has 0 spiro atoms. The summed E-state index contributed by atoms with van der Waals surface area (Å²) in [6.07, 6.45) is 5.11. The van der Waals surface area contributed by atoms with Crippen LogP contribution in [0.2, 0.25) is 0 Å². The molecule has 1 aromatic rings. The molecule has 0 radical (unpaired) electrons. The number of rotatable bonds is 2. The predicted molar refractivity (Wildman–Crippen MR) is 60.3 cm³/mol. The molecule has 1 saturated carbocycles. The van der Waals surface area contributed by atoms with Gasteiger partial charge in [-0.15, -0.1) is 0 Å². The van der Waals surface area contributed by atoms with Gasteiger partial charge in [-0.05, 0) is 18.8 Å². The van der Waals surface area contributed by atoms with E-state index in [0.717, 1.165) is 30.7 Å². The molecule has 2 aliphatic rings. The van der Waals surface area contributed by atoms with Crippen molar-refractivity contribution in [2.24, 2.45) is 5.92 Å². The van der Waals surface area contributed by atoms with Gasteiger partial charge in [-0.2, -0.15) is 4.98 Å². The zero-order chi connectivity index (χ0) is 11.0. The first-order valence-electron chi connectivity index (χ1n) is 6.37. The van der Waals surface area contributed by atoms with Crippen LogP contribution in [0.5, 0.6) is 0 Å². The molecule has 1 aromatic heterocycles. The number of nitrogens with one attached hydrogen (secondary N) is 1. The van der Waals surface area contributed by atoms with Gasteiger partial charge in [0.2, 0.25) is 5.89 Å². The highest BCUT2D eigenvalue weighted by Crippen LogP contribution is 2.35. The maximum Gasteiger partial charge on any atom is 0.232 e. The third-order valence-corrected chi connectivity index (χ3v) is 3.89. The normalized spacial score (nSPS) is 31.3. The monoisotopic (exact) mass is 221 g/mol. The second kappa shape index (κ2) is 4.17. The first kappa shape index (κ1) is 10.3. The third-order valence-electron chi connectivity index (χ3n) is 3.89. The highest BCUT2D eigenvalue weighted by Gasteiger charge is 2.28. The molecule has 0 amide bonds. The van der Waals surface area contributed by atoms with Gasteiger partial charge in [0.25, 0.3) is 0 Å². The van der Waals surface area contributed by atoms with Crippen LogP contribution in [-0.2, 0) is 0 Å². The van der Waals surface area contributed by atoms with E-state index in [0.29, 0.717) is 11.8 Å². The van der Waals surface area contributed by atoms with Gasteiger partial charge >= 0.3 is 0 Å². The lowest BCUT2D eigenvalue weighted by atomic mass is 9.82. The van der Waals surface area contributed by atoms with E-state index in [2.05, 4.69) is 22.4 Å². The number of nitrogens with zero attached hydrogens (tertiary/aromatic N) is 2. The van der Waals surface area contributed by atoms with Crippen molar-refractivity contribution in [3.05, 3.63) is 11.7 Å². The summed E-state index contributed by atoms with van der Waals surface area (Å²) in [6, 6.07) is 0. The zero-order valence-corrected chi connectivity index (χ0v) is 9.78. The molecule has 1 saturated heterocycles. The Kier molecular flexibility index (Phi) is 2.67. The van der Waals surface area contributed by atoms with E-state index >= 15 is 0 Å². The van der Waals surface area contributed by atoms with Crippen molar-refractivity contribution < 1.29 is 4.52 Å². The van der Waals surface area contributed by atoms with Crippen LogP contribution in [0.15, 0.2) is 4.52 Å². The minimum atomic E-state index is 0.460. The van der Waals surface area contributed by atoms with Gasteiger partial charge in [0, 0.05) is 19.0 Å². The molecule has 2 atom stereocenters. The number of aromatic nitrogens is 2. The van der Waals surface area contributed by atoms with Crippen molar-refractivity contribution in [3.63, 3.8) is 0 Å².